The molecule has 0 aromatic carbocycles. The molecule has 0 aliphatic rings. The lowest BCUT2D eigenvalue weighted by Crippen LogP contribution is -2.23. The number of ether oxygens (including phenoxy) is 1. The van der Waals surface area contributed by atoms with E-state index in [0.717, 1.165) is 0 Å². The summed E-state index contributed by atoms with van der Waals surface area (Å²) in [4.78, 5) is 10.9. The van der Waals surface area contributed by atoms with E-state index in [0.29, 0.717) is 13.0 Å². The lowest BCUT2D eigenvalue weighted by molar-refractivity contribution is -0.143. The zero-order valence-electron chi connectivity index (χ0n) is 7.42. The Morgan fingerprint density at radius 2 is 2.17 bits per heavy atom. The molecule has 0 radical (unpaired) electrons. The van der Waals surface area contributed by atoms with Crippen LogP contribution in [0.4, 0.5) is 0 Å². The minimum absolute atomic E-state index is 0.0738. The zero-order chi connectivity index (χ0) is 9.56. The normalized spacial score (nSPS) is 15.3. The molecule has 4 heteroatoms. The first-order valence-corrected chi connectivity index (χ1v) is 4.53. The zero-order valence-corrected chi connectivity index (χ0v) is 8.17. The summed E-state index contributed by atoms with van der Waals surface area (Å²) in [5.41, 5.74) is 0. The molecule has 0 unspecified atom stereocenters. The molecule has 0 heterocycles. The third-order valence-corrected chi connectivity index (χ3v) is 1.95. The molecule has 0 fully saturated rings. The van der Waals surface area contributed by atoms with Crippen LogP contribution >= 0.6 is 11.6 Å². The van der Waals surface area contributed by atoms with E-state index < -0.39 is 11.5 Å². The van der Waals surface area contributed by atoms with E-state index in [1.54, 1.807) is 6.92 Å². The second kappa shape index (κ2) is 6.26. The van der Waals surface area contributed by atoms with Crippen LogP contribution in [-0.2, 0) is 9.53 Å². The Morgan fingerprint density at radius 1 is 1.58 bits per heavy atom. The summed E-state index contributed by atoms with van der Waals surface area (Å²) in [6, 6.07) is 0. The Bertz CT molecular complexity index is 138. The molecule has 3 nitrogen and oxygen atoms in total. The molecule has 0 amide bonds. The van der Waals surface area contributed by atoms with E-state index in [9.17, 15) is 9.90 Å². The molecule has 0 aromatic heterocycles. The van der Waals surface area contributed by atoms with Gasteiger partial charge in [0.05, 0.1) is 24.5 Å². The first-order valence-electron chi connectivity index (χ1n) is 4.09. The number of aliphatic hydroxyl groups excluding tert-OH is 1. The summed E-state index contributed by atoms with van der Waals surface area (Å²) in [7, 11) is 0. The maximum Gasteiger partial charge on any atom is 0.307 e. The van der Waals surface area contributed by atoms with Crippen molar-refractivity contribution in [3.8, 4) is 0 Å². The van der Waals surface area contributed by atoms with Crippen molar-refractivity contribution in [3.05, 3.63) is 0 Å². The van der Waals surface area contributed by atoms with Crippen LogP contribution in [-0.4, -0.2) is 29.2 Å². The number of rotatable bonds is 5. The van der Waals surface area contributed by atoms with Crippen LogP contribution in [0.1, 0.15) is 26.7 Å². The van der Waals surface area contributed by atoms with Crippen molar-refractivity contribution in [1.82, 2.24) is 0 Å². The SMILES string of the molecule is CCOC(=O)C[C@@H](Cl)[C@H](O)CC. The van der Waals surface area contributed by atoms with Crippen LogP contribution in [0, 0.1) is 0 Å². The summed E-state index contributed by atoms with van der Waals surface area (Å²) in [6.45, 7) is 3.90. The predicted octanol–water partition coefficient (Wildman–Crippen LogP) is 1.32. The van der Waals surface area contributed by atoms with E-state index in [2.05, 4.69) is 4.74 Å². The van der Waals surface area contributed by atoms with Gasteiger partial charge in [-0.2, -0.15) is 0 Å². The van der Waals surface area contributed by atoms with E-state index in [1.165, 1.54) is 0 Å². The first-order chi connectivity index (χ1) is 5.61. The van der Waals surface area contributed by atoms with Gasteiger partial charge in [-0.25, -0.2) is 0 Å². The molecule has 0 saturated heterocycles. The van der Waals surface area contributed by atoms with Gasteiger partial charge in [0, 0.05) is 0 Å². The molecule has 72 valence electrons. The fourth-order valence-electron chi connectivity index (χ4n) is 0.771. The van der Waals surface area contributed by atoms with Crippen molar-refractivity contribution in [3.63, 3.8) is 0 Å². The molecule has 0 aliphatic carbocycles. The summed E-state index contributed by atoms with van der Waals surface area (Å²) in [6.07, 6.45) is -0.00565. The predicted molar refractivity (Wildman–Crippen MR) is 47.2 cm³/mol. The third-order valence-electron chi connectivity index (χ3n) is 1.50. The molecule has 2 atom stereocenters. The molecule has 0 saturated carbocycles. The van der Waals surface area contributed by atoms with E-state index in [1.807, 2.05) is 6.92 Å². The second-order valence-corrected chi connectivity index (χ2v) is 3.06. The van der Waals surface area contributed by atoms with Gasteiger partial charge in [0.2, 0.25) is 0 Å². The summed E-state index contributed by atoms with van der Waals surface area (Å²) < 4.78 is 4.67. The van der Waals surface area contributed by atoms with Gasteiger partial charge < -0.3 is 9.84 Å². The fraction of sp³-hybridized carbons (Fsp3) is 0.875. The van der Waals surface area contributed by atoms with Gasteiger partial charge in [0.15, 0.2) is 0 Å². The maximum absolute atomic E-state index is 10.9. The maximum atomic E-state index is 10.9. The minimum Gasteiger partial charge on any atom is -0.466 e. The van der Waals surface area contributed by atoms with Crippen LogP contribution in [0.3, 0.4) is 0 Å². The molecule has 0 spiro atoms. The Morgan fingerprint density at radius 3 is 2.58 bits per heavy atom. The molecule has 0 aliphatic heterocycles. The lowest BCUT2D eigenvalue weighted by atomic mass is 10.1. The quantitative estimate of drug-likeness (QED) is 0.531. The summed E-state index contributed by atoms with van der Waals surface area (Å²) in [5.74, 6) is -0.356. The van der Waals surface area contributed by atoms with Gasteiger partial charge in [-0.15, -0.1) is 11.6 Å². The highest BCUT2D eigenvalue weighted by molar-refractivity contribution is 6.22. The fourth-order valence-corrected chi connectivity index (χ4v) is 1.08. The molecular weight excluding hydrogens is 180 g/mol. The van der Waals surface area contributed by atoms with Crippen LogP contribution < -0.4 is 0 Å². The standard InChI is InChI=1S/C8H15ClO3/c1-3-7(10)6(9)5-8(11)12-4-2/h6-7,10H,3-5H2,1-2H3/t6-,7-/m1/s1. The van der Waals surface area contributed by atoms with Crippen molar-refractivity contribution in [2.45, 2.75) is 38.2 Å². The Kier molecular flexibility index (Phi) is 6.11. The van der Waals surface area contributed by atoms with E-state index in [4.69, 9.17) is 11.6 Å². The molecule has 0 bridgehead atoms. The number of hydrogen-bond donors (Lipinski definition) is 1. The molecule has 0 aromatic rings. The van der Waals surface area contributed by atoms with Crippen molar-refractivity contribution in [2.75, 3.05) is 6.61 Å². The lowest BCUT2D eigenvalue weighted by Gasteiger charge is -2.13. The van der Waals surface area contributed by atoms with Crippen molar-refractivity contribution in [1.29, 1.82) is 0 Å². The average molecular weight is 195 g/mol. The average Bonchev–Trinajstić information content (AvgIpc) is 2.03. The first kappa shape index (κ1) is 11.7. The van der Waals surface area contributed by atoms with Crippen LogP contribution in [0.15, 0.2) is 0 Å². The highest BCUT2D eigenvalue weighted by Crippen LogP contribution is 2.11. The molecule has 12 heavy (non-hydrogen) atoms. The monoisotopic (exact) mass is 194 g/mol. The Hall–Kier alpha value is -0.280. The number of hydrogen-bond acceptors (Lipinski definition) is 3. The Balaban J connectivity index is 3.67. The van der Waals surface area contributed by atoms with Crippen molar-refractivity contribution < 1.29 is 14.6 Å². The van der Waals surface area contributed by atoms with Crippen LogP contribution in [0.25, 0.3) is 0 Å². The van der Waals surface area contributed by atoms with Crippen LogP contribution in [0.2, 0.25) is 0 Å². The van der Waals surface area contributed by atoms with Gasteiger partial charge in [-0.1, -0.05) is 6.92 Å². The van der Waals surface area contributed by atoms with Crippen LogP contribution in [0.5, 0.6) is 0 Å². The molecule has 1 N–H and O–H groups in total. The van der Waals surface area contributed by atoms with E-state index >= 15 is 0 Å². The number of carbonyl (C=O) groups is 1. The number of halogens is 1. The highest BCUT2D eigenvalue weighted by atomic mass is 35.5. The van der Waals surface area contributed by atoms with Gasteiger partial charge in [-0.05, 0) is 13.3 Å². The van der Waals surface area contributed by atoms with E-state index in [-0.39, 0.29) is 12.4 Å². The van der Waals surface area contributed by atoms with Crippen molar-refractivity contribution >= 4 is 17.6 Å². The smallest absolute Gasteiger partial charge is 0.307 e. The van der Waals surface area contributed by atoms with Gasteiger partial charge in [0.25, 0.3) is 0 Å². The largest absolute Gasteiger partial charge is 0.466 e. The Labute approximate surface area is 77.7 Å². The third kappa shape index (κ3) is 4.57. The van der Waals surface area contributed by atoms with Gasteiger partial charge in [0.1, 0.15) is 0 Å². The topological polar surface area (TPSA) is 46.5 Å². The second-order valence-electron chi connectivity index (χ2n) is 2.50. The molecule has 0 rings (SSSR count). The number of carbonyl (C=O) groups excluding carboxylic acids is 1. The molecular formula is C8H15ClO3. The van der Waals surface area contributed by atoms with Gasteiger partial charge >= 0.3 is 5.97 Å². The highest BCUT2D eigenvalue weighted by Gasteiger charge is 2.18. The van der Waals surface area contributed by atoms with Gasteiger partial charge in [-0.3, -0.25) is 4.79 Å². The van der Waals surface area contributed by atoms with Crippen molar-refractivity contribution in [2.24, 2.45) is 0 Å². The number of aliphatic hydroxyl groups is 1. The number of esters is 1. The summed E-state index contributed by atoms with van der Waals surface area (Å²) in [5, 5.41) is 8.67. The minimum atomic E-state index is -0.629. The number of alkyl halides is 1. The summed E-state index contributed by atoms with van der Waals surface area (Å²) >= 11 is 5.71.